The molecule has 2 rings (SSSR count). The fourth-order valence-corrected chi connectivity index (χ4v) is 2.74. The molecule has 1 aromatic carbocycles. The van der Waals surface area contributed by atoms with Crippen molar-refractivity contribution in [3.8, 4) is 11.5 Å². The van der Waals surface area contributed by atoms with E-state index in [0.717, 1.165) is 5.56 Å². The standard InChI is InChI=1S/C17H25NO5/c1-20-11-14-12-23-9-8-18(14)17(19)7-5-13-4-6-15(21-2)16(10-13)22-3/h4,6,10,14H,5,7-9,11-12H2,1-3H3. The predicted molar refractivity (Wildman–Crippen MR) is 86.1 cm³/mol. The van der Waals surface area contributed by atoms with Crippen molar-refractivity contribution >= 4 is 5.91 Å². The summed E-state index contributed by atoms with van der Waals surface area (Å²) in [6.45, 7) is 2.25. The first-order chi connectivity index (χ1) is 11.2. The molecule has 1 atom stereocenters. The number of benzene rings is 1. The second-order valence-electron chi connectivity index (χ2n) is 5.46. The van der Waals surface area contributed by atoms with Crippen molar-refractivity contribution in [3.05, 3.63) is 23.8 Å². The Morgan fingerprint density at radius 3 is 2.74 bits per heavy atom. The summed E-state index contributed by atoms with van der Waals surface area (Å²) in [6, 6.07) is 5.74. The van der Waals surface area contributed by atoms with E-state index in [1.165, 1.54) is 0 Å². The molecule has 6 heteroatoms. The summed E-state index contributed by atoms with van der Waals surface area (Å²) in [6.07, 6.45) is 1.12. The maximum Gasteiger partial charge on any atom is 0.223 e. The van der Waals surface area contributed by atoms with Crippen LogP contribution in [-0.2, 0) is 20.7 Å². The number of nitrogens with zero attached hydrogens (tertiary/aromatic N) is 1. The van der Waals surface area contributed by atoms with Gasteiger partial charge < -0.3 is 23.8 Å². The summed E-state index contributed by atoms with van der Waals surface area (Å²) in [5.41, 5.74) is 1.05. The van der Waals surface area contributed by atoms with Crippen LogP contribution in [0.25, 0.3) is 0 Å². The van der Waals surface area contributed by atoms with E-state index in [1.54, 1.807) is 21.3 Å². The Bertz CT molecular complexity index is 518. The lowest BCUT2D eigenvalue weighted by Crippen LogP contribution is -2.50. The van der Waals surface area contributed by atoms with E-state index in [-0.39, 0.29) is 11.9 Å². The Balaban J connectivity index is 1.95. The molecular formula is C17H25NO5. The average Bonchev–Trinajstić information content (AvgIpc) is 2.60. The van der Waals surface area contributed by atoms with Crippen LogP contribution in [0, 0.1) is 0 Å². The Labute approximate surface area is 137 Å². The van der Waals surface area contributed by atoms with Gasteiger partial charge in [-0.3, -0.25) is 4.79 Å². The fourth-order valence-electron chi connectivity index (χ4n) is 2.74. The number of hydrogen-bond acceptors (Lipinski definition) is 5. The Morgan fingerprint density at radius 2 is 2.04 bits per heavy atom. The molecule has 1 aliphatic rings. The van der Waals surface area contributed by atoms with Crippen LogP contribution in [0.15, 0.2) is 18.2 Å². The summed E-state index contributed by atoms with van der Waals surface area (Å²) in [4.78, 5) is 14.4. The molecule has 1 aliphatic heterocycles. The highest BCUT2D eigenvalue weighted by Crippen LogP contribution is 2.28. The van der Waals surface area contributed by atoms with Gasteiger partial charge in [0.1, 0.15) is 0 Å². The molecule has 128 valence electrons. The van der Waals surface area contributed by atoms with Crippen LogP contribution in [0.4, 0.5) is 0 Å². The van der Waals surface area contributed by atoms with Gasteiger partial charge in [-0.2, -0.15) is 0 Å². The second-order valence-corrected chi connectivity index (χ2v) is 5.46. The van der Waals surface area contributed by atoms with Crippen LogP contribution in [0.5, 0.6) is 11.5 Å². The Hall–Kier alpha value is -1.79. The van der Waals surface area contributed by atoms with Gasteiger partial charge in [-0.25, -0.2) is 0 Å². The van der Waals surface area contributed by atoms with Gasteiger partial charge in [0.25, 0.3) is 0 Å². The zero-order chi connectivity index (χ0) is 16.7. The molecule has 1 unspecified atom stereocenters. The van der Waals surface area contributed by atoms with Crippen LogP contribution >= 0.6 is 0 Å². The number of aryl methyl sites for hydroxylation is 1. The van der Waals surface area contributed by atoms with Gasteiger partial charge in [-0.05, 0) is 24.1 Å². The lowest BCUT2D eigenvalue weighted by Gasteiger charge is -2.35. The van der Waals surface area contributed by atoms with Crippen LogP contribution in [0.1, 0.15) is 12.0 Å². The van der Waals surface area contributed by atoms with Crippen LogP contribution < -0.4 is 9.47 Å². The number of hydrogen-bond donors (Lipinski definition) is 0. The molecule has 0 saturated carbocycles. The molecule has 23 heavy (non-hydrogen) atoms. The lowest BCUT2D eigenvalue weighted by atomic mass is 10.1. The van der Waals surface area contributed by atoms with Gasteiger partial charge in [0.2, 0.25) is 5.91 Å². The van der Waals surface area contributed by atoms with E-state index in [1.807, 2.05) is 23.1 Å². The zero-order valence-corrected chi connectivity index (χ0v) is 14.0. The quantitative estimate of drug-likeness (QED) is 0.761. The van der Waals surface area contributed by atoms with Gasteiger partial charge in [0.15, 0.2) is 11.5 Å². The minimum Gasteiger partial charge on any atom is -0.493 e. The number of methoxy groups -OCH3 is 3. The third kappa shape index (κ3) is 4.59. The zero-order valence-electron chi connectivity index (χ0n) is 14.0. The smallest absolute Gasteiger partial charge is 0.223 e. The Kier molecular flexibility index (Phi) is 6.67. The first-order valence-electron chi connectivity index (χ1n) is 7.76. The minimum absolute atomic E-state index is 0.00616. The number of rotatable bonds is 7. The summed E-state index contributed by atoms with van der Waals surface area (Å²) in [5, 5.41) is 0. The number of ether oxygens (including phenoxy) is 4. The van der Waals surface area contributed by atoms with Crippen molar-refractivity contribution in [1.29, 1.82) is 0 Å². The van der Waals surface area contributed by atoms with Crippen molar-refractivity contribution in [3.63, 3.8) is 0 Å². The highest BCUT2D eigenvalue weighted by atomic mass is 16.5. The third-order valence-corrected chi connectivity index (χ3v) is 3.98. The van der Waals surface area contributed by atoms with Crippen molar-refractivity contribution in [2.24, 2.45) is 0 Å². The van der Waals surface area contributed by atoms with Crippen molar-refractivity contribution in [2.45, 2.75) is 18.9 Å². The number of carbonyl (C=O) groups is 1. The molecule has 0 bridgehead atoms. The average molecular weight is 323 g/mol. The SMILES string of the molecule is COCC1COCCN1C(=O)CCc1ccc(OC)c(OC)c1. The Morgan fingerprint density at radius 1 is 1.26 bits per heavy atom. The summed E-state index contributed by atoms with van der Waals surface area (Å²) >= 11 is 0. The first kappa shape index (κ1) is 17.6. The summed E-state index contributed by atoms with van der Waals surface area (Å²) in [7, 11) is 4.85. The van der Waals surface area contributed by atoms with E-state index < -0.39 is 0 Å². The lowest BCUT2D eigenvalue weighted by molar-refractivity contribution is -0.142. The minimum atomic E-state index is 0.00616. The van der Waals surface area contributed by atoms with E-state index >= 15 is 0 Å². The molecule has 1 amide bonds. The molecule has 0 N–H and O–H groups in total. The monoisotopic (exact) mass is 323 g/mol. The molecule has 1 heterocycles. The fraction of sp³-hybridized carbons (Fsp3) is 0.588. The predicted octanol–water partition coefficient (Wildman–Crippen LogP) is 1.51. The molecule has 1 fully saturated rings. The molecule has 1 saturated heterocycles. The second kappa shape index (κ2) is 8.74. The highest BCUT2D eigenvalue weighted by Gasteiger charge is 2.26. The molecule has 0 aromatic heterocycles. The molecular weight excluding hydrogens is 298 g/mol. The van der Waals surface area contributed by atoms with Crippen LogP contribution in [0.3, 0.4) is 0 Å². The number of morpholine rings is 1. The summed E-state index contributed by atoms with van der Waals surface area (Å²) in [5.74, 6) is 1.50. The largest absolute Gasteiger partial charge is 0.493 e. The highest BCUT2D eigenvalue weighted by molar-refractivity contribution is 5.77. The molecule has 1 aromatic rings. The van der Waals surface area contributed by atoms with E-state index in [4.69, 9.17) is 18.9 Å². The molecule has 0 aliphatic carbocycles. The van der Waals surface area contributed by atoms with Gasteiger partial charge in [0.05, 0.1) is 40.1 Å². The first-order valence-corrected chi connectivity index (χ1v) is 7.76. The maximum absolute atomic E-state index is 12.5. The van der Waals surface area contributed by atoms with Crippen LogP contribution in [-0.4, -0.2) is 64.5 Å². The number of carbonyl (C=O) groups excluding carboxylic acids is 1. The summed E-state index contributed by atoms with van der Waals surface area (Å²) < 4.78 is 21.1. The van der Waals surface area contributed by atoms with Gasteiger partial charge >= 0.3 is 0 Å². The van der Waals surface area contributed by atoms with Crippen LogP contribution in [0.2, 0.25) is 0 Å². The van der Waals surface area contributed by atoms with Gasteiger partial charge in [-0.1, -0.05) is 6.07 Å². The molecule has 0 radical (unpaired) electrons. The molecule has 0 spiro atoms. The number of amides is 1. The van der Waals surface area contributed by atoms with E-state index in [9.17, 15) is 4.79 Å². The molecule has 6 nitrogen and oxygen atoms in total. The van der Waals surface area contributed by atoms with Gasteiger partial charge in [0, 0.05) is 20.1 Å². The third-order valence-electron chi connectivity index (χ3n) is 3.98. The normalized spacial score (nSPS) is 17.9. The van der Waals surface area contributed by atoms with Crippen molar-refractivity contribution in [1.82, 2.24) is 4.90 Å². The maximum atomic E-state index is 12.5. The van der Waals surface area contributed by atoms with E-state index in [2.05, 4.69) is 0 Å². The topological polar surface area (TPSA) is 57.2 Å². The van der Waals surface area contributed by atoms with Crippen molar-refractivity contribution < 1.29 is 23.7 Å². The van der Waals surface area contributed by atoms with Gasteiger partial charge in [-0.15, -0.1) is 0 Å². The van der Waals surface area contributed by atoms with E-state index in [0.29, 0.717) is 50.7 Å². The van der Waals surface area contributed by atoms with Crippen molar-refractivity contribution in [2.75, 3.05) is 47.7 Å².